The summed E-state index contributed by atoms with van der Waals surface area (Å²) in [6.07, 6.45) is 0. The van der Waals surface area contributed by atoms with E-state index in [1.165, 1.54) is 0 Å². The van der Waals surface area contributed by atoms with Gasteiger partial charge in [0.25, 0.3) is 0 Å². The van der Waals surface area contributed by atoms with E-state index in [0.29, 0.717) is 0 Å². The third kappa shape index (κ3) is 2.03. The van der Waals surface area contributed by atoms with Crippen LogP contribution in [-0.2, 0) is 13.2 Å². The normalized spacial score (nSPS) is 11.3. The Morgan fingerprint density at radius 3 is 1.79 bits per heavy atom. The van der Waals surface area contributed by atoms with Gasteiger partial charge in [-0.25, -0.2) is 0 Å². The number of hydrogen-bond acceptors (Lipinski definition) is 3. The average molecular weight is 253 g/mol. The van der Waals surface area contributed by atoms with Crippen molar-refractivity contribution in [3.8, 4) is 0 Å². The molecule has 0 aromatic heterocycles. The first-order chi connectivity index (χ1) is 9.21. The van der Waals surface area contributed by atoms with Crippen molar-refractivity contribution in [3.63, 3.8) is 0 Å². The number of aliphatic hydroxyl groups excluding tert-OH is 2. The Morgan fingerprint density at radius 2 is 1.21 bits per heavy atom. The molecule has 0 saturated carbocycles. The van der Waals surface area contributed by atoms with Gasteiger partial charge in [-0.3, -0.25) is 0 Å². The number of nitrogens with two attached hydrogens (primary N) is 1. The molecule has 0 heterocycles. The summed E-state index contributed by atoms with van der Waals surface area (Å²) in [5, 5.41) is 23.0. The van der Waals surface area contributed by atoms with Crippen molar-refractivity contribution in [2.75, 3.05) is 5.73 Å². The van der Waals surface area contributed by atoms with Crippen LogP contribution in [-0.4, -0.2) is 10.2 Å². The highest BCUT2D eigenvalue weighted by molar-refractivity contribution is 5.99. The summed E-state index contributed by atoms with van der Waals surface area (Å²) >= 11 is 0. The van der Waals surface area contributed by atoms with Crippen LogP contribution in [0.1, 0.15) is 11.1 Å². The number of benzene rings is 3. The summed E-state index contributed by atoms with van der Waals surface area (Å²) in [4.78, 5) is 0. The molecule has 0 aliphatic rings. The monoisotopic (exact) mass is 253 g/mol. The van der Waals surface area contributed by atoms with E-state index in [1.807, 2.05) is 30.3 Å². The van der Waals surface area contributed by atoms with Crippen molar-refractivity contribution in [2.45, 2.75) is 13.2 Å². The van der Waals surface area contributed by atoms with Crippen LogP contribution in [0.4, 0.5) is 5.69 Å². The molecule has 0 atom stereocenters. The van der Waals surface area contributed by atoms with E-state index >= 15 is 0 Å². The van der Waals surface area contributed by atoms with Crippen molar-refractivity contribution < 1.29 is 10.2 Å². The summed E-state index contributed by atoms with van der Waals surface area (Å²) in [6, 6.07) is 13.8. The zero-order chi connectivity index (χ0) is 13.4. The largest absolute Gasteiger partial charge is 0.399 e. The molecule has 96 valence electrons. The van der Waals surface area contributed by atoms with Crippen LogP contribution in [0.3, 0.4) is 0 Å². The number of aliphatic hydroxyl groups is 2. The summed E-state index contributed by atoms with van der Waals surface area (Å²) in [5.74, 6) is 0. The molecule has 0 radical (unpaired) electrons. The smallest absolute Gasteiger partial charge is 0.0685 e. The van der Waals surface area contributed by atoms with E-state index in [4.69, 9.17) is 5.73 Å². The molecular formula is C16H15NO2. The molecule has 3 aromatic rings. The van der Waals surface area contributed by atoms with Gasteiger partial charge in [0.05, 0.1) is 13.2 Å². The van der Waals surface area contributed by atoms with Crippen LogP contribution >= 0.6 is 0 Å². The minimum Gasteiger partial charge on any atom is -0.399 e. The number of nitrogen functional groups attached to an aromatic ring is 1. The second kappa shape index (κ2) is 4.53. The lowest BCUT2D eigenvalue weighted by molar-refractivity contribution is 0.260. The highest BCUT2D eigenvalue weighted by atomic mass is 16.3. The molecule has 3 nitrogen and oxygen atoms in total. The lowest BCUT2D eigenvalue weighted by Crippen LogP contribution is -1.94. The van der Waals surface area contributed by atoms with E-state index in [1.54, 1.807) is 0 Å². The Labute approximate surface area is 110 Å². The zero-order valence-corrected chi connectivity index (χ0v) is 10.4. The van der Waals surface area contributed by atoms with Crippen LogP contribution in [0.5, 0.6) is 0 Å². The van der Waals surface area contributed by atoms with Crippen molar-refractivity contribution in [1.82, 2.24) is 0 Å². The van der Waals surface area contributed by atoms with Gasteiger partial charge in [0.1, 0.15) is 0 Å². The van der Waals surface area contributed by atoms with Crippen molar-refractivity contribution in [2.24, 2.45) is 0 Å². The van der Waals surface area contributed by atoms with Gasteiger partial charge in [0.2, 0.25) is 0 Å². The molecule has 0 aliphatic heterocycles. The SMILES string of the molecule is Nc1ccc2cc3cc(CO)c(CO)cc3cc2c1. The standard InChI is InChI=1S/C16H15NO2/c17-16-2-1-10-3-11-5-14(8-18)15(9-19)6-12(11)4-13(10)7-16/h1-7,18-19H,8-9,17H2. The highest BCUT2D eigenvalue weighted by Crippen LogP contribution is 2.27. The van der Waals surface area contributed by atoms with Gasteiger partial charge in [0.15, 0.2) is 0 Å². The molecule has 0 unspecified atom stereocenters. The molecule has 0 amide bonds. The topological polar surface area (TPSA) is 66.5 Å². The number of hydrogen-bond donors (Lipinski definition) is 3. The molecule has 3 heteroatoms. The number of fused-ring (bicyclic) bond motifs is 2. The van der Waals surface area contributed by atoms with E-state index in [-0.39, 0.29) is 13.2 Å². The molecule has 3 rings (SSSR count). The van der Waals surface area contributed by atoms with Crippen LogP contribution in [0.2, 0.25) is 0 Å². The third-order valence-corrected chi connectivity index (χ3v) is 3.48. The van der Waals surface area contributed by atoms with Gasteiger partial charge >= 0.3 is 0 Å². The molecule has 4 N–H and O–H groups in total. The van der Waals surface area contributed by atoms with E-state index in [2.05, 4.69) is 12.1 Å². The fraction of sp³-hybridized carbons (Fsp3) is 0.125. The molecule has 0 bridgehead atoms. The minimum atomic E-state index is -0.0687. The fourth-order valence-electron chi connectivity index (χ4n) is 2.46. The van der Waals surface area contributed by atoms with Gasteiger partial charge in [-0.2, -0.15) is 0 Å². The van der Waals surface area contributed by atoms with Gasteiger partial charge in [-0.1, -0.05) is 6.07 Å². The second-order valence-electron chi connectivity index (χ2n) is 4.74. The molecular weight excluding hydrogens is 238 g/mol. The van der Waals surface area contributed by atoms with Crippen molar-refractivity contribution in [3.05, 3.63) is 53.6 Å². The lowest BCUT2D eigenvalue weighted by Gasteiger charge is -2.09. The summed E-state index contributed by atoms with van der Waals surface area (Å²) < 4.78 is 0. The molecule has 0 fully saturated rings. The van der Waals surface area contributed by atoms with Gasteiger partial charge in [0, 0.05) is 5.69 Å². The van der Waals surface area contributed by atoms with Gasteiger partial charge < -0.3 is 15.9 Å². The predicted octanol–water partition coefficient (Wildman–Crippen LogP) is 2.56. The second-order valence-corrected chi connectivity index (χ2v) is 4.74. The van der Waals surface area contributed by atoms with E-state index in [9.17, 15) is 10.2 Å². The first-order valence-corrected chi connectivity index (χ1v) is 6.18. The van der Waals surface area contributed by atoms with Crippen molar-refractivity contribution >= 4 is 27.2 Å². The summed E-state index contributed by atoms with van der Waals surface area (Å²) in [7, 11) is 0. The van der Waals surface area contributed by atoms with Crippen LogP contribution < -0.4 is 5.73 Å². The Bertz CT molecular complexity index is 765. The van der Waals surface area contributed by atoms with E-state index < -0.39 is 0 Å². The first-order valence-electron chi connectivity index (χ1n) is 6.18. The van der Waals surface area contributed by atoms with E-state index in [0.717, 1.165) is 38.4 Å². The highest BCUT2D eigenvalue weighted by Gasteiger charge is 2.05. The average Bonchev–Trinajstić information content (AvgIpc) is 2.43. The minimum absolute atomic E-state index is 0.0639. The lowest BCUT2D eigenvalue weighted by atomic mass is 9.98. The molecule has 0 saturated heterocycles. The molecule has 0 aliphatic carbocycles. The quantitative estimate of drug-likeness (QED) is 0.485. The van der Waals surface area contributed by atoms with Crippen LogP contribution in [0.25, 0.3) is 21.5 Å². The summed E-state index contributed by atoms with van der Waals surface area (Å²) in [5.41, 5.74) is 8.06. The van der Waals surface area contributed by atoms with Gasteiger partial charge in [-0.15, -0.1) is 0 Å². The maximum absolute atomic E-state index is 9.34. The van der Waals surface area contributed by atoms with Gasteiger partial charge in [-0.05, 0) is 69.1 Å². The molecule has 19 heavy (non-hydrogen) atoms. The fourth-order valence-corrected chi connectivity index (χ4v) is 2.46. The Hall–Kier alpha value is -2.10. The third-order valence-electron chi connectivity index (χ3n) is 3.48. The number of rotatable bonds is 2. The number of anilines is 1. The predicted molar refractivity (Wildman–Crippen MR) is 77.7 cm³/mol. The Morgan fingerprint density at radius 1 is 0.684 bits per heavy atom. The Balaban J connectivity index is 2.34. The van der Waals surface area contributed by atoms with Crippen molar-refractivity contribution in [1.29, 1.82) is 0 Å². The zero-order valence-electron chi connectivity index (χ0n) is 10.4. The van der Waals surface area contributed by atoms with Crippen LogP contribution in [0.15, 0.2) is 42.5 Å². The first kappa shape index (κ1) is 12.0. The maximum Gasteiger partial charge on any atom is 0.0685 e. The van der Waals surface area contributed by atoms with Crippen LogP contribution in [0, 0.1) is 0 Å². The molecule has 3 aromatic carbocycles. The summed E-state index contributed by atoms with van der Waals surface area (Å²) in [6.45, 7) is -0.133. The Kier molecular flexibility index (Phi) is 2.85. The molecule has 0 spiro atoms. The maximum atomic E-state index is 9.34.